The lowest BCUT2D eigenvalue weighted by molar-refractivity contribution is 0.271. The minimum Gasteiger partial charge on any atom is -0.496 e. The van der Waals surface area contributed by atoms with Gasteiger partial charge in [-0.25, -0.2) is 0 Å². The summed E-state index contributed by atoms with van der Waals surface area (Å²) in [6, 6.07) is 13.3. The Morgan fingerprint density at radius 2 is 2.14 bits per heavy atom. The number of methoxy groups -OCH3 is 1. The van der Waals surface area contributed by atoms with Gasteiger partial charge in [0.25, 0.3) is 0 Å². The first-order valence-electron chi connectivity index (χ1n) is 6.31. The van der Waals surface area contributed by atoms with Gasteiger partial charge in [-0.1, -0.05) is 11.2 Å². The van der Waals surface area contributed by atoms with Crippen molar-refractivity contribution < 1.29 is 9.47 Å². The molecule has 0 aliphatic heterocycles. The normalized spacial score (nSPS) is 10.3. The Kier molecular flexibility index (Phi) is 3.39. The summed E-state index contributed by atoms with van der Waals surface area (Å²) in [5.74, 6) is 0.669. The summed E-state index contributed by atoms with van der Waals surface area (Å²) >= 11 is 0. The van der Waals surface area contributed by atoms with Gasteiger partial charge in [0.2, 0.25) is 0 Å². The highest BCUT2D eigenvalue weighted by Gasteiger charge is 2.09. The molecule has 0 aliphatic carbocycles. The molecule has 3 rings (SSSR count). The zero-order valence-corrected chi connectivity index (χ0v) is 11.4. The molecule has 2 heterocycles. The van der Waals surface area contributed by atoms with Crippen LogP contribution < -0.4 is 9.47 Å². The number of hydrogen-bond donors (Lipinski definition) is 0. The lowest BCUT2D eigenvalue weighted by Crippen LogP contribution is -2.02. The number of benzene rings is 1. The lowest BCUT2D eigenvalue weighted by atomic mass is 10.1. The molecule has 3 aromatic rings. The number of aromatic nitrogens is 3. The van der Waals surface area contributed by atoms with Crippen molar-refractivity contribution in [2.24, 2.45) is 0 Å². The molecule has 0 unspecified atom stereocenters. The van der Waals surface area contributed by atoms with Gasteiger partial charge in [-0.15, -0.1) is 5.10 Å². The van der Waals surface area contributed by atoms with Gasteiger partial charge in [-0.2, -0.15) is 5.26 Å². The summed E-state index contributed by atoms with van der Waals surface area (Å²) in [6.07, 6.45) is 1.83. The first-order chi connectivity index (χ1) is 10.3. The van der Waals surface area contributed by atoms with Crippen molar-refractivity contribution in [1.29, 1.82) is 5.26 Å². The molecule has 0 fully saturated rings. The predicted octanol–water partition coefficient (Wildman–Crippen LogP) is 2.19. The molecule has 6 nitrogen and oxygen atoms in total. The maximum absolute atomic E-state index is 8.96. The van der Waals surface area contributed by atoms with Gasteiger partial charge in [0, 0.05) is 11.8 Å². The summed E-state index contributed by atoms with van der Waals surface area (Å²) in [5, 5.41) is 17.0. The lowest BCUT2D eigenvalue weighted by Gasteiger charge is -2.09. The van der Waals surface area contributed by atoms with Gasteiger partial charge < -0.3 is 9.47 Å². The number of pyridine rings is 1. The molecule has 6 heteroatoms. The van der Waals surface area contributed by atoms with Crippen molar-refractivity contribution in [2.45, 2.75) is 6.61 Å². The second-order valence-corrected chi connectivity index (χ2v) is 4.34. The molecule has 1 aromatic carbocycles. The molecule has 2 aromatic heterocycles. The molecule has 21 heavy (non-hydrogen) atoms. The van der Waals surface area contributed by atoms with Crippen LogP contribution in [-0.2, 0) is 6.61 Å². The van der Waals surface area contributed by atoms with Crippen LogP contribution in [0.1, 0.15) is 11.1 Å². The van der Waals surface area contributed by atoms with Crippen molar-refractivity contribution in [1.82, 2.24) is 14.6 Å². The monoisotopic (exact) mass is 280 g/mol. The highest BCUT2D eigenvalue weighted by atomic mass is 16.5. The van der Waals surface area contributed by atoms with Crippen LogP contribution in [0.5, 0.6) is 11.8 Å². The van der Waals surface area contributed by atoms with Crippen LogP contribution in [0.4, 0.5) is 0 Å². The van der Waals surface area contributed by atoms with Crippen LogP contribution in [0.3, 0.4) is 0 Å². The third kappa shape index (κ3) is 2.49. The molecule has 0 amide bonds. The molecule has 0 bridgehead atoms. The Hall–Kier alpha value is -3.07. The zero-order valence-electron chi connectivity index (χ0n) is 11.4. The topological polar surface area (TPSA) is 72.4 Å². The number of nitriles is 1. The number of rotatable bonds is 4. The second kappa shape index (κ2) is 5.51. The van der Waals surface area contributed by atoms with E-state index in [1.165, 1.54) is 0 Å². The maximum atomic E-state index is 8.96. The number of hydrogen-bond acceptors (Lipinski definition) is 5. The maximum Gasteiger partial charge on any atom is 0.321 e. The van der Waals surface area contributed by atoms with E-state index in [4.69, 9.17) is 14.7 Å². The van der Waals surface area contributed by atoms with Gasteiger partial charge in [0.15, 0.2) is 5.65 Å². The van der Waals surface area contributed by atoms with Gasteiger partial charge in [0.1, 0.15) is 12.4 Å². The van der Waals surface area contributed by atoms with E-state index in [-0.39, 0.29) is 6.61 Å². The first kappa shape index (κ1) is 12.9. The van der Waals surface area contributed by atoms with Crippen LogP contribution in [0.2, 0.25) is 0 Å². The predicted molar refractivity (Wildman–Crippen MR) is 75.0 cm³/mol. The van der Waals surface area contributed by atoms with Crippen LogP contribution in [-0.4, -0.2) is 21.7 Å². The van der Waals surface area contributed by atoms with Crippen LogP contribution in [0, 0.1) is 11.3 Å². The molecule has 0 spiro atoms. The molecular formula is C15H12N4O2. The third-order valence-corrected chi connectivity index (χ3v) is 3.05. The minimum atomic E-state index is 0.244. The van der Waals surface area contributed by atoms with E-state index in [1.807, 2.05) is 24.4 Å². The second-order valence-electron chi connectivity index (χ2n) is 4.34. The van der Waals surface area contributed by atoms with Crippen LogP contribution in [0.25, 0.3) is 5.65 Å². The Morgan fingerprint density at radius 1 is 1.24 bits per heavy atom. The molecule has 0 N–H and O–H groups in total. The van der Waals surface area contributed by atoms with E-state index in [0.717, 1.165) is 5.56 Å². The summed E-state index contributed by atoms with van der Waals surface area (Å²) in [4.78, 5) is 0. The summed E-state index contributed by atoms with van der Waals surface area (Å²) in [7, 11) is 1.58. The van der Waals surface area contributed by atoms with Crippen molar-refractivity contribution >= 4 is 5.65 Å². The van der Waals surface area contributed by atoms with Gasteiger partial charge in [0.05, 0.1) is 18.7 Å². The average molecular weight is 280 g/mol. The van der Waals surface area contributed by atoms with E-state index < -0.39 is 0 Å². The standard InChI is InChI=1S/C15H12N4O2/c1-20-13-6-5-11(9-16)8-12(13)10-21-15-18-17-14-4-2-3-7-19(14)15/h2-8H,10H2,1H3. The van der Waals surface area contributed by atoms with Gasteiger partial charge >= 0.3 is 6.01 Å². The Morgan fingerprint density at radius 3 is 2.95 bits per heavy atom. The van der Waals surface area contributed by atoms with Crippen molar-refractivity contribution in [3.63, 3.8) is 0 Å². The van der Waals surface area contributed by atoms with E-state index >= 15 is 0 Å². The molecule has 0 aliphatic rings. The minimum absolute atomic E-state index is 0.244. The molecule has 104 valence electrons. The Bertz CT molecular complexity index is 820. The van der Waals surface area contributed by atoms with Crippen molar-refractivity contribution in [3.8, 4) is 17.8 Å². The van der Waals surface area contributed by atoms with E-state index in [0.29, 0.717) is 23.0 Å². The number of nitrogens with zero attached hydrogens (tertiary/aromatic N) is 4. The first-order valence-corrected chi connectivity index (χ1v) is 6.31. The summed E-state index contributed by atoms with van der Waals surface area (Å²) in [6.45, 7) is 0.244. The molecular weight excluding hydrogens is 268 g/mol. The van der Waals surface area contributed by atoms with Gasteiger partial charge in [-0.05, 0) is 30.3 Å². The van der Waals surface area contributed by atoms with Crippen molar-refractivity contribution in [2.75, 3.05) is 7.11 Å². The van der Waals surface area contributed by atoms with Gasteiger partial charge in [-0.3, -0.25) is 4.40 Å². The fourth-order valence-corrected chi connectivity index (χ4v) is 2.02. The SMILES string of the molecule is COc1ccc(C#N)cc1COc1nnc2ccccn12. The van der Waals surface area contributed by atoms with E-state index in [2.05, 4.69) is 16.3 Å². The fourth-order valence-electron chi connectivity index (χ4n) is 2.02. The van der Waals surface area contributed by atoms with E-state index in [9.17, 15) is 0 Å². The largest absolute Gasteiger partial charge is 0.496 e. The van der Waals surface area contributed by atoms with Crippen LogP contribution in [0.15, 0.2) is 42.6 Å². The van der Waals surface area contributed by atoms with Crippen molar-refractivity contribution in [3.05, 3.63) is 53.7 Å². The molecule has 0 radical (unpaired) electrons. The molecule has 0 atom stereocenters. The Labute approximate surface area is 121 Å². The smallest absolute Gasteiger partial charge is 0.321 e. The number of ether oxygens (including phenoxy) is 2. The van der Waals surface area contributed by atoms with Crippen LogP contribution >= 0.6 is 0 Å². The Balaban J connectivity index is 1.86. The highest BCUT2D eigenvalue weighted by molar-refractivity contribution is 5.42. The summed E-state index contributed by atoms with van der Waals surface area (Å²) < 4.78 is 12.7. The average Bonchev–Trinajstić information content (AvgIpc) is 2.96. The highest BCUT2D eigenvalue weighted by Crippen LogP contribution is 2.21. The molecule has 0 saturated carbocycles. The quantitative estimate of drug-likeness (QED) is 0.732. The number of fused-ring (bicyclic) bond motifs is 1. The third-order valence-electron chi connectivity index (χ3n) is 3.05. The zero-order chi connectivity index (χ0) is 14.7. The fraction of sp³-hybridized carbons (Fsp3) is 0.133. The molecule has 0 saturated heterocycles. The summed E-state index contributed by atoms with van der Waals surface area (Å²) in [5.41, 5.74) is 2.05. The van der Waals surface area contributed by atoms with E-state index in [1.54, 1.807) is 29.7 Å².